The molecule has 1 unspecified atom stereocenters. The average molecular weight is 296 g/mol. The van der Waals surface area contributed by atoms with Crippen molar-refractivity contribution in [2.45, 2.75) is 44.7 Å². The van der Waals surface area contributed by atoms with Gasteiger partial charge in [-0.1, -0.05) is 6.07 Å². The van der Waals surface area contributed by atoms with Crippen LogP contribution in [-0.4, -0.2) is 23.9 Å². The van der Waals surface area contributed by atoms with Crippen molar-refractivity contribution in [3.05, 3.63) is 35.4 Å². The van der Waals surface area contributed by atoms with E-state index in [1.165, 1.54) is 6.07 Å². The second kappa shape index (κ2) is 6.52. The van der Waals surface area contributed by atoms with Crippen LogP contribution in [0.15, 0.2) is 18.2 Å². The molecule has 0 saturated heterocycles. The molecule has 1 aliphatic carbocycles. The van der Waals surface area contributed by atoms with E-state index in [0.717, 1.165) is 37.8 Å². The minimum absolute atomic E-state index is 0.0115. The number of hydrogen-bond donors (Lipinski definition) is 1. The molecule has 3 nitrogen and oxygen atoms in total. The molecule has 0 bridgehead atoms. The van der Waals surface area contributed by atoms with Gasteiger partial charge in [-0.2, -0.15) is 0 Å². The van der Waals surface area contributed by atoms with Crippen molar-refractivity contribution >= 4 is 5.91 Å². The Balaban J connectivity index is 2.05. The van der Waals surface area contributed by atoms with Gasteiger partial charge in [-0.15, -0.1) is 0 Å². The van der Waals surface area contributed by atoms with E-state index in [1.807, 2.05) is 6.92 Å². The number of rotatable bonds is 3. The van der Waals surface area contributed by atoms with Gasteiger partial charge in [0.15, 0.2) is 11.6 Å². The zero-order valence-electron chi connectivity index (χ0n) is 12.5. The monoisotopic (exact) mass is 296 g/mol. The molecule has 1 aromatic carbocycles. The van der Waals surface area contributed by atoms with Gasteiger partial charge in [-0.25, -0.2) is 8.78 Å². The molecule has 0 spiro atoms. The average Bonchev–Trinajstić information content (AvgIpc) is 2.48. The van der Waals surface area contributed by atoms with Crippen molar-refractivity contribution in [3.63, 3.8) is 0 Å². The summed E-state index contributed by atoms with van der Waals surface area (Å²) in [6, 6.07) is 3.68. The fraction of sp³-hybridized carbons (Fsp3) is 0.562. The van der Waals surface area contributed by atoms with Gasteiger partial charge in [0.1, 0.15) is 0 Å². The van der Waals surface area contributed by atoms with Crippen LogP contribution in [0.1, 0.15) is 44.2 Å². The van der Waals surface area contributed by atoms with Crippen molar-refractivity contribution in [3.8, 4) is 0 Å². The second-order valence-electron chi connectivity index (χ2n) is 5.91. The number of carbonyl (C=O) groups is 1. The minimum atomic E-state index is -0.885. The molecule has 0 radical (unpaired) electrons. The third-order valence-corrected chi connectivity index (χ3v) is 4.48. The Morgan fingerprint density at radius 2 is 1.86 bits per heavy atom. The lowest BCUT2D eigenvalue weighted by molar-refractivity contribution is -0.137. The van der Waals surface area contributed by atoms with E-state index in [4.69, 9.17) is 5.73 Å². The number of nitrogens with two attached hydrogens (primary N) is 1. The molecule has 1 saturated carbocycles. The van der Waals surface area contributed by atoms with Gasteiger partial charge in [0.05, 0.1) is 6.04 Å². The standard InChI is InChI=1S/C16H22F2N2O/c1-10(12-5-8-14(17)15(18)9-12)20(2)16(21)11-3-6-13(19)7-4-11/h5,8-11,13H,3-4,6-7,19H2,1-2H3. The fourth-order valence-electron chi connectivity index (χ4n) is 2.84. The highest BCUT2D eigenvalue weighted by molar-refractivity contribution is 5.79. The van der Waals surface area contributed by atoms with Crippen LogP contribution >= 0.6 is 0 Å². The highest BCUT2D eigenvalue weighted by Gasteiger charge is 2.29. The Bertz CT molecular complexity index is 513. The molecule has 116 valence electrons. The van der Waals surface area contributed by atoms with Crippen molar-refractivity contribution in [2.24, 2.45) is 11.7 Å². The smallest absolute Gasteiger partial charge is 0.225 e. The van der Waals surface area contributed by atoms with Crippen LogP contribution in [0.3, 0.4) is 0 Å². The summed E-state index contributed by atoms with van der Waals surface area (Å²) in [6.45, 7) is 1.82. The van der Waals surface area contributed by atoms with Crippen LogP contribution in [0.4, 0.5) is 8.78 Å². The maximum Gasteiger partial charge on any atom is 0.225 e. The number of carbonyl (C=O) groups excluding carboxylic acids is 1. The molecule has 21 heavy (non-hydrogen) atoms. The molecule has 1 atom stereocenters. The third kappa shape index (κ3) is 3.59. The second-order valence-corrected chi connectivity index (χ2v) is 5.91. The molecule has 1 amide bonds. The van der Waals surface area contributed by atoms with Crippen molar-refractivity contribution in [1.29, 1.82) is 0 Å². The van der Waals surface area contributed by atoms with E-state index in [1.54, 1.807) is 11.9 Å². The molecule has 1 fully saturated rings. The van der Waals surface area contributed by atoms with Gasteiger partial charge >= 0.3 is 0 Å². The van der Waals surface area contributed by atoms with Crippen LogP contribution < -0.4 is 5.73 Å². The van der Waals surface area contributed by atoms with E-state index in [0.29, 0.717) is 5.56 Å². The zero-order chi connectivity index (χ0) is 15.6. The molecular formula is C16H22F2N2O. The Morgan fingerprint density at radius 1 is 1.24 bits per heavy atom. The summed E-state index contributed by atoms with van der Waals surface area (Å²) in [7, 11) is 1.71. The minimum Gasteiger partial charge on any atom is -0.339 e. The summed E-state index contributed by atoms with van der Waals surface area (Å²) < 4.78 is 26.3. The van der Waals surface area contributed by atoms with E-state index in [9.17, 15) is 13.6 Å². The van der Waals surface area contributed by atoms with Crippen LogP contribution in [0, 0.1) is 17.6 Å². The van der Waals surface area contributed by atoms with Crippen molar-refractivity contribution < 1.29 is 13.6 Å². The lowest BCUT2D eigenvalue weighted by atomic mass is 9.85. The van der Waals surface area contributed by atoms with Crippen LogP contribution in [0.25, 0.3) is 0 Å². The molecule has 2 rings (SSSR count). The van der Waals surface area contributed by atoms with Gasteiger partial charge in [0.2, 0.25) is 5.91 Å². The maximum absolute atomic E-state index is 13.3. The molecule has 5 heteroatoms. The van der Waals surface area contributed by atoms with E-state index in [-0.39, 0.29) is 23.9 Å². The molecule has 2 N–H and O–H groups in total. The summed E-state index contributed by atoms with van der Waals surface area (Å²) in [5.74, 6) is -1.72. The van der Waals surface area contributed by atoms with Gasteiger partial charge < -0.3 is 10.6 Å². The van der Waals surface area contributed by atoms with Crippen LogP contribution in [0.2, 0.25) is 0 Å². The first-order chi connectivity index (χ1) is 9.90. The largest absolute Gasteiger partial charge is 0.339 e. The highest BCUT2D eigenvalue weighted by atomic mass is 19.2. The zero-order valence-corrected chi connectivity index (χ0v) is 12.5. The summed E-state index contributed by atoms with van der Waals surface area (Å²) in [5, 5.41) is 0. The number of amides is 1. The van der Waals surface area contributed by atoms with E-state index >= 15 is 0 Å². The summed E-state index contributed by atoms with van der Waals surface area (Å²) >= 11 is 0. The molecule has 0 aromatic heterocycles. The SMILES string of the molecule is CC(c1ccc(F)c(F)c1)N(C)C(=O)C1CCC(N)CC1. The molecule has 0 heterocycles. The number of nitrogens with zero attached hydrogens (tertiary/aromatic N) is 1. The Morgan fingerprint density at radius 3 is 2.43 bits per heavy atom. The topological polar surface area (TPSA) is 46.3 Å². The molecule has 1 aliphatic rings. The fourth-order valence-corrected chi connectivity index (χ4v) is 2.84. The third-order valence-electron chi connectivity index (χ3n) is 4.48. The van der Waals surface area contributed by atoms with Gasteiger partial charge in [-0.05, 0) is 50.3 Å². The van der Waals surface area contributed by atoms with Crippen LogP contribution in [0.5, 0.6) is 0 Å². The summed E-state index contributed by atoms with van der Waals surface area (Å²) in [4.78, 5) is 14.1. The predicted molar refractivity (Wildman–Crippen MR) is 77.5 cm³/mol. The Labute approximate surface area is 124 Å². The first kappa shape index (κ1) is 15.9. The highest BCUT2D eigenvalue weighted by Crippen LogP contribution is 2.28. The predicted octanol–water partition coefficient (Wildman–Crippen LogP) is 3.00. The quantitative estimate of drug-likeness (QED) is 0.932. The van der Waals surface area contributed by atoms with Gasteiger partial charge in [-0.3, -0.25) is 4.79 Å². The number of hydrogen-bond acceptors (Lipinski definition) is 2. The first-order valence-corrected chi connectivity index (χ1v) is 7.37. The van der Waals surface area contributed by atoms with E-state index < -0.39 is 11.6 Å². The number of benzene rings is 1. The normalized spacial score (nSPS) is 23.7. The molecule has 0 aliphatic heterocycles. The molecule has 1 aromatic rings. The summed E-state index contributed by atoms with van der Waals surface area (Å²) in [6.07, 6.45) is 3.33. The van der Waals surface area contributed by atoms with Crippen LogP contribution in [-0.2, 0) is 4.79 Å². The maximum atomic E-state index is 13.3. The van der Waals surface area contributed by atoms with Crippen molar-refractivity contribution in [1.82, 2.24) is 4.90 Å². The van der Waals surface area contributed by atoms with Crippen molar-refractivity contribution in [2.75, 3.05) is 7.05 Å². The summed E-state index contributed by atoms with van der Waals surface area (Å²) in [5.41, 5.74) is 6.45. The Hall–Kier alpha value is -1.49. The Kier molecular flexibility index (Phi) is 4.93. The van der Waals surface area contributed by atoms with Gasteiger partial charge in [0.25, 0.3) is 0 Å². The first-order valence-electron chi connectivity index (χ1n) is 7.37. The number of halogens is 2. The lowest BCUT2D eigenvalue weighted by Gasteiger charge is -2.32. The molecular weight excluding hydrogens is 274 g/mol. The van der Waals surface area contributed by atoms with Gasteiger partial charge in [0, 0.05) is 19.0 Å². The lowest BCUT2D eigenvalue weighted by Crippen LogP contribution is -2.38. The van der Waals surface area contributed by atoms with E-state index in [2.05, 4.69) is 0 Å².